The average Bonchev–Trinajstić information content (AvgIpc) is 2.43. The first-order valence-corrected chi connectivity index (χ1v) is 7.28. The van der Waals surface area contributed by atoms with Gasteiger partial charge < -0.3 is 14.8 Å². The zero-order valence-electron chi connectivity index (χ0n) is 10.7. The number of hydrogen-bond acceptors (Lipinski definition) is 3. The molecule has 0 unspecified atom stereocenters. The fourth-order valence-corrected chi connectivity index (χ4v) is 2.15. The summed E-state index contributed by atoms with van der Waals surface area (Å²) in [6, 6.07) is 7.76. The van der Waals surface area contributed by atoms with E-state index in [9.17, 15) is 4.79 Å². The fourth-order valence-electron chi connectivity index (χ4n) is 1.88. The first-order chi connectivity index (χ1) is 9.24. The lowest BCUT2D eigenvalue weighted by molar-refractivity contribution is -0.180. The minimum Gasteiger partial charge on any atom is -0.356 e. The van der Waals surface area contributed by atoms with Gasteiger partial charge in [0, 0.05) is 17.4 Å². The molecule has 1 aliphatic rings. The van der Waals surface area contributed by atoms with Crippen molar-refractivity contribution in [3.63, 3.8) is 0 Å². The predicted octanol–water partition coefficient (Wildman–Crippen LogP) is 2.26. The van der Waals surface area contributed by atoms with Crippen LogP contribution < -0.4 is 5.32 Å². The highest BCUT2D eigenvalue weighted by molar-refractivity contribution is 9.10. The first kappa shape index (κ1) is 14.5. The van der Waals surface area contributed by atoms with E-state index in [-0.39, 0.29) is 12.2 Å². The lowest BCUT2D eigenvalue weighted by Crippen LogP contribution is -2.32. The van der Waals surface area contributed by atoms with Crippen molar-refractivity contribution in [2.24, 2.45) is 0 Å². The van der Waals surface area contributed by atoms with Gasteiger partial charge in [-0.15, -0.1) is 0 Å². The van der Waals surface area contributed by atoms with Crippen LogP contribution in [-0.4, -0.2) is 32.0 Å². The van der Waals surface area contributed by atoms with E-state index in [1.54, 1.807) is 0 Å². The van der Waals surface area contributed by atoms with Crippen LogP contribution >= 0.6 is 15.9 Å². The molecule has 19 heavy (non-hydrogen) atoms. The Morgan fingerprint density at radius 2 is 1.95 bits per heavy atom. The summed E-state index contributed by atoms with van der Waals surface area (Å²) in [5.41, 5.74) is 1.01. The molecule has 1 heterocycles. The molecule has 0 atom stereocenters. The minimum absolute atomic E-state index is 0.0260. The zero-order valence-corrected chi connectivity index (χ0v) is 12.3. The molecule has 1 aromatic rings. The van der Waals surface area contributed by atoms with Gasteiger partial charge in [0.25, 0.3) is 0 Å². The van der Waals surface area contributed by atoms with E-state index in [0.29, 0.717) is 19.4 Å². The van der Waals surface area contributed by atoms with Crippen molar-refractivity contribution in [1.82, 2.24) is 5.32 Å². The molecule has 4 nitrogen and oxygen atoms in total. The molecule has 0 spiro atoms. The highest BCUT2D eigenvalue weighted by atomic mass is 79.9. The molecule has 0 radical (unpaired) electrons. The number of nitrogens with one attached hydrogen (secondary N) is 1. The van der Waals surface area contributed by atoms with E-state index in [0.717, 1.165) is 29.7 Å². The molecule has 104 valence electrons. The summed E-state index contributed by atoms with van der Waals surface area (Å²) in [4.78, 5) is 11.7. The quantitative estimate of drug-likeness (QED) is 0.902. The van der Waals surface area contributed by atoms with Gasteiger partial charge in [-0.05, 0) is 24.1 Å². The second-order valence-electron chi connectivity index (χ2n) is 4.47. The van der Waals surface area contributed by atoms with Crippen molar-refractivity contribution in [3.05, 3.63) is 34.3 Å². The Morgan fingerprint density at radius 1 is 1.26 bits per heavy atom. The molecule has 0 aliphatic carbocycles. The van der Waals surface area contributed by atoms with E-state index in [2.05, 4.69) is 21.2 Å². The maximum Gasteiger partial charge on any atom is 0.224 e. The average molecular weight is 328 g/mol. The van der Waals surface area contributed by atoms with Gasteiger partial charge in [-0.2, -0.15) is 0 Å². The number of carbonyl (C=O) groups excluding carboxylic acids is 1. The van der Waals surface area contributed by atoms with Crippen LogP contribution in [-0.2, 0) is 20.7 Å². The summed E-state index contributed by atoms with van der Waals surface area (Å²) in [6.45, 7) is 2.08. The second kappa shape index (κ2) is 7.62. The number of halogens is 1. The van der Waals surface area contributed by atoms with Crippen LogP contribution in [0.5, 0.6) is 0 Å². The molecular weight excluding hydrogens is 310 g/mol. The van der Waals surface area contributed by atoms with Gasteiger partial charge in [0.1, 0.15) is 0 Å². The summed E-state index contributed by atoms with van der Waals surface area (Å²) in [5, 5.41) is 2.88. The number of ether oxygens (including phenoxy) is 2. The standard InChI is InChI=1S/C14H18BrNO3/c15-12-4-2-11(3-5-12)10-13(17)16-7-6-14-18-8-1-9-19-14/h2-5,14H,1,6-10H2,(H,16,17). The highest BCUT2D eigenvalue weighted by Gasteiger charge is 2.14. The van der Waals surface area contributed by atoms with Crippen LogP contribution in [0.25, 0.3) is 0 Å². The molecular formula is C14H18BrNO3. The molecule has 1 fully saturated rings. The van der Waals surface area contributed by atoms with E-state index in [1.807, 2.05) is 24.3 Å². The second-order valence-corrected chi connectivity index (χ2v) is 5.38. The molecule has 0 bridgehead atoms. The topological polar surface area (TPSA) is 47.6 Å². The Labute approximate surface area is 121 Å². The van der Waals surface area contributed by atoms with Gasteiger partial charge in [0.15, 0.2) is 6.29 Å². The maximum absolute atomic E-state index is 11.7. The van der Waals surface area contributed by atoms with Crippen molar-refractivity contribution >= 4 is 21.8 Å². The zero-order chi connectivity index (χ0) is 13.5. The van der Waals surface area contributed by atoms with Gasteiger partial charge in [0.05, 0.1) is 19.6 Å². The fraction of sp³-hybridized carbons (Fsp3) is 0.500. The SMILES string of the molecule is O=C(Cc1ccc(Br)cc1)NCCC1OCCCO1. The Balaban J connectivity index is 1.65. The van der Waals surface area contributed by atoms with Crippen LogP contribution in [0.2, 0.25) is 0 Å². The monoisotopic (exact) mass is 327 g/mol. The number of carbonyl (C=O) groups is 1. The van der Waals surface area contributed by atoms with Crippen LogP contribution in [0.1, 0.15) is 18.4 Å². The molecule has 0 aromatic heterocycles. The van der Waals surface area contributed by atoms with Crippen LogP contribution in [0.15, 0.2) is 28.7 Å². The third kappa shape index (κ3) is 5.30. The minimum atomic E-state index is -0.165. The first-order valence-electron chi connectivity index (χ1n) is 6.48. The smallest absolute Gasteiger partial charge is 0.224 e. The van der Waals surface area contributed by atoms with Gasteiger partial charge in [-0.25, -0.2) is 0 Å². The lowest BCUT2D eigenvalue weighted by Gasteiger charge is -2.23. The molecule has 5 heteroatoms. The molecule has 1 saturated heterocycles. The van der Waals surface area contributed by atoms with Gasteiger partial charge >= 0.3 is 0 Å². The molecule has 1 amide bonds. The summed E-state index contributed by atoms with van der Waals surface area (Å²) in [7, 11) is 0. The third-order valence-corrected chi connectivity index (χ3v) is 3.40. The molecule has 1 aromatic carbocycles. The number of hydrogen-bond donors (Lipinski definition) is 1. The highest BCUT2D eigenvalue weighted by Crippen LogP contribution is 2.11. The van der Waals surface area contributed by atoms with E-state index >= 15 is 0 Å². The Morgan fingerprint density at radius 3 is 2.63 bits per heavy atom. The van der Waals surface area contributed by atoms with E-state index in [4.69, 9.17) is 9.47 Å². The van der Waals surface area contributed by atoms with Crippen molar-refractivity contribution in [2.75, 3.05) is 19.8 Å². The molecule has 1 N–H and O–H groups in total. The van der Waals surface area contributed by atoms with Crippen LogP contribution in [0.4, 0.5) is 0 Å². The van der Waals surface area contributed by atoms with Crippen LogP contribution in [0, 0.1) is 0 Å². The van der Waals surface area contributed by atoms with Crippen molar-refractivity contribution in [3.8, 4) is 0 Å². The lowest BCUT2D eigenvalue weighted by atomic mass is 10.1. The molecule has 2 rings (SSSR count). The number of rotatable bonds is 5. The number of amides is 1. The molecule has 1 aliphatic heterocycles. The Bertz CT molecular complexity index is 402. The Hall–Kier alpha value is -0.910. The van der Waals surface area contributed by atoms with Crippen molar-refractivity contribution in [1.29, 1.82) is 0 Å². The van der Waals surface area contributed by atoms with E-state index in [1.165, 1.54) is 0 Å². The summed E-state index contributed by atoms with van der Waals surface area (Å²) < 4.78 is 11.8. The van der Waals surface area contributed by atoms with E-state index < -0.39 is 0 Å². The third-order valence-electron chi connectivity index (χ3n) is 2.88. The normalized spacial score (nSPS) is 16.3. The predicted molar refractivity (Wildman–Crippen MR) is 75.8 cm³/mol. The van der Waals surface area contributed by atoms with Crippen molar-refractivity contribution in [2.45, 2.75) is 25.6 Å². The largest absolute Gasteiger partial charge is 0.356 e. The summed E-state index contributed by atoms with van der Waals surface area (Å²) >= 11 is 3.37. The van der Waals surface area contributed by atoms with Gasteiger partial charge in [0.2, 0.25) is 5.91 Å². The van der Waals surface area contributed by atoms with Gasteiger partial charge in [-0.3, -0.25) is 4.79 Å². The summed E-state index contributed by atoms with van der Waals surface area (Å²) in [5.74, 6) is 0.0260. The summed E-state index contributed by atoms with van der Waals surface area (Å²) in [6.07, 6.45) is 1.89. The van der Waals surface area contributed by atoms with Gasteiger partial charge in [-0.1, -0.05) is 28.1 Å². The maximum atomic E-state index is 11.7. The Kier molecular flexibility index (Phi) is 5.82. The molecule has 0 saturated carbocycles. The van der Waals surface area contributed by atoms with Crippen LogP contribution in [0.3, 0.4) is 0 Å². The number of benzene rings is 1. The van der Waals surface area contributed by atoms with Crippen molar-refractivity contribution < 1.29 is 14.3 Å².